The van der Waals surface area contributed by atoms with E-state index in [-0.39, 0.29) is 5.91 Å². The maximum absolute atomic E-state index is 12.0. The second-order valence-electron chi connectivity index (χ2n) is 7.84. The van der Waals surface area contributed by atoms with Crippen LogP contribution in [0.15, 0.2) is 24.4 Å². The standard InChI is InChI=1S/C21H25N5O/c1-14(27)25-11-10-20-18(13-25)21(24-26(20)15-6-3-2-4-7-15)16-8-5-9-19-17(16)12-22-23-19/h5,8-9,12,15H,2-4,6-7,10-11,13H2,1H3,(H,22,23). The number of carbonyl (C=O) groups is 1. The lowest BCUT2D eigenvalue weighted by Crippen LogP contribution is -2.35. The molecule has 1 aromatic carbocycles. The minimum atomic E-state index is 0.138. The highest BCUT2D eigenvalue weighted by Crippen LogP contribution is 2.37. The number of fused-ring (bicyclic) bond motifs is 2. The van der Waals surface area contributed by atoms with E-state index in [4.69, 9.17) is 5.10 Å². The van der Waals surface area contributed by atoms with Gasteiger partial charge in [0.1, 0.15) is 0 Å². The van der Waals surface area contributed by atoms with Crippen molar-refractivity contribution in [3.8, 4) is 11.3 Å². The first-order chi connectivity index (χ1) is 13.2. The van der Waals surface area contributed by atoms with Crippen LogP contribution in [0.2, 0.25) is 0 Å². The fraction of sp³-hybridized carbons (Fsp3) is 0.476. The molecule has 6 nitrogen and oxygen atoms in total. The molecule has 2 aliphatic rings. The summed E-state index contributed by atoms with van der Waals surface area (Å²) in [7, 11) is 0. The van der Waals surface area contributed by atoms with E-state index >= 15 is 0 Å². The second-order valence-corrected chi connectivity index (χ2v) is 7.84. The molecule has 1 fully saturated rings. The highest BCUT2D eigenvalue weighted by molar-refractivity contribution is 5.94. The predicted molar refractivity (Wildman–Crippen MR) is 104 cm³/mol. The topological polar surface area (TPSA) is 66.8 Å². The molecular formula is C21H25N5O. The highest BCUT2D eigenvalue weighted by atomic mass is 16.2. The number of carbonyl (C=O) groups excluding carboxylic acids is 1. The zero-order chi connectivity index (χ0) is 18.4. The average molecular weight is 363 g/mol. The highest BCUT2D eigenvalue weighted by Gasteiger charge is 2.30. The third-order valence-corrected chi connectivity index (χ3v) is 6.19. The minimum absolute atomic E-state index is 0.138. The van der Waals surface area contributed by atoms with Gasteiger partial charge in [0.25, 0.3) is 0 Å². The van der Waals surface area contributed by atoms with Crippen molar-refractivity contribution in [2.75, 3.05) is 6.54 Å². The number of hydrogen-bond acceptors (Lipinski definition) is 3. The van der Waals surface area contributed by atoms with Gasteiger partial charge in [-0.3, -0.25) is 14.6 Å². The van der Waals surface area contributed by atoms with Crippen molar-refractivity contribution in [2.45, 2.75) is 58.0 Å². The molecule has 3 heterocycles. The smallest absolute Gasteiger partial charge is 0.219 e. The molecular weight excluding hydrogens is 338 g/mol. The third kappa shape index (κ3) is 2.74. The van der Waals surface area contributed by atoms with Crippen LogP contribution < -0.4 is 0 Å². The molecule has 0 bridgehead atoms. The van der Waals surface area contributed by atoms with Crippen molar-refractivity contribution in [2.24, 2.45) is 0 Å². The lowest BCUT2D eigenvalue weighted by Gasteiger charge is -2.29. The first-order valence-corrected chi connectivity index (χ1v) is 10.0. The van der Waals surface area contributed by atoms with Crippen molar-refractivity contribution in [3.63, 3.8) is 0 Å². The molecule has 0 atom stereocenters. The Bertz CT molecular complexity index is 995. The number of H-pyrrole nitrogens is 1. The summed E-state index contributed by atoms with van der Waals surface area (Å²) in [5.41, 5.74) is 5.70. The Morgan fingerprint density at radius 2 is 2.07 bits per heavy atom. The van der Waals surface area contributed by atoms with E-state index in [0.29, 0.717) is 12.6 Å². The molecule has 6 heteroatoms. The molecule has 3 aromatic rings. The molecule has 1 amide bonds. The van der Waals surface area contributed by atoms with Crippen LogP contribution in [0.5, 0.6) is 0 Å². The second kappa shape index (κ2) is 6.51. The quantitative estimate of drug-likeness (QED) is 0.752. The number of amides is 1. The van der Waals surface area contributed by atoms with Gasteiger partial charge in [-0.2, -0.15) is 10.2 Å². The van der Waals surface area contributed by atoms with Crippen molar-refractivity contribution in [1.82, 2.24) is 24.9 Å². The Kier molecular flexibility index (Phi) is 3.99. The normalized spacial score (nSPS) is 18.0. The van der Waals surface area contributed by atoms with E-state index < -0.39 is 0 Å². The molecule has 1 aliphatic carbocycles. The summed E-state index contributed by atoms with van der Waals surface area (Å²) in [5.74, 6) is 0.138. The van der Waals surface area contributed by atoms with Gasteiger partial charge in [-0.15, -0.1) is 0 Å². The maximum Gasteiger partial charge on any atom is 0.219 e. The molecule has 0 unspecified atom stereocenters. The molecule has 5 rings (SSSR count). The van der Waals surface area contributed by atoms with Crippen molar-refractivity contribution < 1.29 is 4.79 Å². The fourth-order valence-corrected chi connectivity index (χ4v) is 4.73. The minimum Gasteiger partial charge on any atom is -0.338 e. The Labute approximate surface area is 158 Å². The molecule has 1 aliphatic heterocycles. The number of aromatic nitrogens is 4. The summed E-state index contributed by atoms with van der Waals surface area (Å²) in [4.78, 5) is 14.0. The Hall–Kier alpha value is -2.63. The molecule has 27 heavy (non-hydrogen) atoms. The summed E-state index contributed by atoms with van der Waals surface area (Å²) in [6, 6.07) is 6.71. The maximum atomic E-state index is 12.0. The molecule has 1 saturated carbocycles. The molecule has 2 aromatic heterocycles. The zero-order valence-corrected chi connectivity index (χ0v) is 15.7. The number of rotatable bonds is 2. The molecule has 0 saturated heterocycles. The van der Waals surface area contributed by atoms with Crippen LogP contribution in [0.3, 0.4) is 0 Å². The van der Waals surface area contributed by atoms with E-state index in [1.807, 2.05) is 23.2 Å². The Morgan fingerprint density at radius 1 is 1.22 bits per heavy atom. The number of aromatic amines is 1. The number of benzene rings is 1. The number of nitrogens with one attached hydrogen (secondary N) is 1. The van der Waals surface area contributed by atoms with Gasteiger partial charge in [-0.25, -0.2) is 0 Å². The van der Waals surface area contributed by atoms with Crippen LogP contribution in [-0.4, -0.2) is 37.3 Å². The molecule has 0 radical (unpaired) electrons. The summed E-state index contributed by atoms with van der Waals surface area (Å²) in [6.07, 6.45) is 9.08. The van der Waals surface area contributed by atoms with Gasteiger partial charge in [0.2, 0.25) is 5.91 Å². The van der Waals surface area contributed by atoms with E-state index in [0.717, 1.165) is 35.1 Å². The molecule has 0 spiro atoms. The van der Waals surface area contributed by atoms with Crippen molar-refractivity contribution in [3.05, 3.63) is 35.7 Å². The SMILES string of the molecule is CC(=O)N1CCc2c(c(-c3cccc4[nH]ncc34)nn2C2CCCCC2)C1. The predicted octanol–water partition coefficient (Wildman–Crippen LogP) is 3.84. The van der Waals surface area contributed by atoms with Gasteiger partial charge in [-0.05, 0) is 18.9 Å². The van der Waals surface area contributed by atoms with Gasteiger partial charge in [0.15, 0.2) is 0 Å². The number of nitrogens with zero attached hydrogens (tertiary/aromatic N) is 4. The number of hydrogen-bond donors (Lipinski definition) is 1. The average Bonchev–Trinajstić information content (AvgIpc) is 3.32. The van der Waals surface area contributed by atoms with Crippen molar-refractivity contribution in [1.29, 1.82) is 0 Å². The Balaban J connectivity index is 1.67. The van der Waals surface area contributed by atoms with Crippen LogP contribution in [0, 0.1) is 0 Å². The van der Waals surface area contributed by atoms with Gasteiger partial charge >= 0.3 is 0 Å². The molecule has 140 valence electrons. The van der Waals surface area contributed by atoms with Gasteiger partial charge in [0, 0.05) is 48.6 Å². The lowest BCUT2D eigenvalue weighted by molar-refractivity contribution is -0.129. The third-order valence-electron chi connectivity index (χ3n) is 6.19. The Morgan fingerprint density at radius 3 is 2.89 bits per heavy atom. The summed E-state index contributed by atoms with van der Waals surface area (Å²) in [5, 5.41) is 13.5. The van der Waals surface area contributed by atoms with Gasteiger partial charge in [-0.1, -0.05) is 31.4 Å². The first-order valence-electron chi connectivity index (χ1n) is 10.0. The van der Waals surface area contributed by atoms with E-state index in [9.17, 15) is 4.79 Å². The van der Waals surface area contributed by atoms with Crippen molar-refractivity contribution >= 4 is 16.8 Å². The zero-order valence-electron chi connectivity index (χ0n) is 15.7. The summed E-state index contributed by atoms with van der Waals surface area (Å²) in [6.45, 7) is 3.10. The largest absolute Gasteiger partial charge is 0.338 e. The lowest BCUT2D eigenvalue weighted by atomic mass is 9.94. The fourth-order valence-electron chi connectivity index (χ4n) is 4.73. The van der Waals surface area contributed by atoms with Crippen LogP contribution in [0.1, 0.15) is 56.3 Å². The van der Waals surface area contributed by atoms with E-state index in [1.165, 1.54) is 43.4 Å². The molecule has 1 N–H and O–H groups in total. The summed E-state index contributed by atoms with van der Waals surface area (Å²) >= 11 is 0. The first kappa shape index (κ1) is 16.5. The summed E-state index contributed by atoms with van der Waals surface area (Å²) < 4.78 is 2.31. The van der Waals surface area contributed by atoms with Gasteiger partial charge < -0.3 is 4.90 Å². The van der Waals surface area contributed by atoms with Crippen LogP contribution in [0.25, 0.3) is 22.2 Å². The van der Waals surface area contributed by atoms with E-state index in [1.54, 1.807) is 6.92 Å². The van der Waals surface area contributed by atoms with Crippen LogP contribution in [-0.2, 0) is 17.8 Å². The van der Waals surface area contributed by atoms with Crippen LogP contribution >= 0.6 is 0 Å². The van der Waals surface area contributed by atoms with E-state index in [2.05, 4.69) is 20.9 Å². The van der Waals surface area contributed by atoms with Gasteiger partial charge in [0.05, 0.1) is 23.4 Å². The monoisotopic (exact) mass is 363 g/mol. The van der Waals surface area contributed by atoms with Crippen LogP contribution in [0.4, 0.5) is 0 Å².